The molecule has 1 heterocycles. The Morgan fingerprint density at radius 2 is 1.81 bits per heavy atom. The smallest absolute Gasteiger partial charge is 0.315 e. The maximum atomic E-state index is 13.3. The quantitative estimate of drug-likeness (QED) is 0.688. The average Bonchev–Trinajstić information content (AvgIpc) is 3.16. The Labute approximate surface area is 190 Å². The van der Waals surface area contributed by atoms with E-state index in [1.165, 1.54) is 23.6 Å². The molecular formula is C23H32ClN3O3S. The van der Waals surface area contributed by atoms with Crippen LogP contribution in [0.5, 0.6) is 0 Å². The molecule has 5 aliphatic rings. The van der Waals surface area contributed by atoms with E-state index in [9.17, 15) is 13.2 Å². The number of hydrogen-bond donors (Lipinski definition) is 2. The molecule has 2 N–H and O–H groups in total. The molecule has 4 aliphatic carbocycles. The van der Waals surface area contributed by atoms with Gasteiger partial charge in [-0.1, -0.05) is 17.7 Å². The van der Waals surface area contributed by atoms with E-state index in [0.717, 1.165) is 49.9 Å². The van der Waals surface area contributed by atoms with Crippen molar-refractivity contribution in [2.24, 2.45) is 17.8 Å². The summed E-state index contributed by atoms with van der Waals surface area (Å²) < 4.78 is 28.1. The van der Waals surface area contributed by atoms with Crippen molar-refractivity contribution in [2.75, 3.05) is 13.1 Å². The molecule has 0 radical (unpaired) electrons. The molecule has 1 saturated heterocycles. The van der Waals surface area contributed by atoms with Crippen molar-refractivity contribution in [3.8, 4) is 0 Å². The Kier molecular flexibility index (Phi) is 5.50. The molecule has 4 saturated carbocycles. The maximum Gasteiger partial charge on any atom is 0.315 e. The molecule has 6 rings (SSSR count). The summed E-state index contributed by atoms with van der Waals surface area (Å²) in [7, 11) is -3.66. The van der Waals surface area contributed by atoms with Gasteiger partial charge in [0.1, 0.15) is 0 Å². The van der Waals surface area contributed by atoms with Crippen LogP contribution in [0, 0.1) is 24.7 Å². The number of amides is 2. The van der Waals surface area contributed by atoms with Crippen LogP contribution in [-0.4, -0.2) is 43.4 Å². The van der Waals surface area contributed by atoms with Crippen LogP contribution in [-0.2, 0) is 10.0 Å². The SMILES string of the molecule is Cc1c(Cl)cccc1S(=O)(=O)N1CCCC1CNC(=O)NC12CC3CC(CC(C3)C1)C2. The molecule has 1 aromatic rings. The van der Waals surface area contributed by atoms with Gasteiger partial charge >= 0.3 is 6.03 Å². The highest BCUT2D eigenvalue weighted by atomic mass is 35.5. The van der Waals surface area contributed by atoms with Crippen molar-refractivity contribution < 1.29 is 13.2 Å². The van der Waals surface area contributed by atoms with E-state index < -0.39 is 10.0 Å². The Bertz CT molecular complexity index is 945. The summed E-state index contributed by atoms with van der Waals surface area (Å²) in [6.07, 6.45) is 8.85. The van der Waals surface area contributed by atoms with E-state index in [1.54, 1.807) is 25.1 Å². The minimum atomic E-state index is -3.66. The number of nitrogens with one attached hydrogen (secondary N) is 2. The van der Waals surface area contributed by atoms with E-state index in [0.29, 0.717) is 23.7 Å². The minimum absolute atomic E-state index is 0.0435. The second-order valence-electron chi connectivity index (χ2n) is 10.3. The van der Waals surface area contributed by atoms with E-state index in [2.05, 4.69) is 10.6 Å². The summed E-state index contributed by atoms with van der Waals surface area (Å²) >= 11 is 6.17. The fourth-order valence-electron chi connectivity index (χ4n) is 7.08. The van der Waals surface area contributed by atoms with Crippen LogP contribution in [0.25, 0.3) is 0 Å². The van der Waals surface area contributed by atoms with Gasteiger partial charge in [-0.05, 0) is 93.7 Å². The normalized spacial score (nSPS) is 34.8. The third-order valence-electron chi connectivity index (χ3n) is 8.04. The van der Waals surface area contributed by atoms with Crippen molar-refractivity contribution in [2.45, 2.75) is 74.8 Å². The molecule has 170 valence electrons. The molecule has 1 atom stereocenters. The Morgan fingerprint density at radius 3 is 2.45 bits per heavy atom. The standard InChI is InChI=1S/C23H32ClN3O3S/c1-15-20(24)5-2-6-21(15)31(29,30)27-7-3-4-19(27)14-25-22(28)26-23-11-16-8-17(12-23)10-18(9-16)13-23/h2,5-6,16-19H,3-4,7-14H2,1H3,(H2,25,26,28). The van der Waals surface area contributed by atoms with Crippen molar-refractivity contribution in [1.82, 2.24) is 14.9 Å². The molecule has 6 nitrogen and oxygen atoms in total. The molecule has 0 spiro atoms. The van der Waals surface area contributed by atoms with E-state index >= 15 is 0 Å². The number of hydrogen-bond acceptors (Lipinski definition) is 3. The second kappa shape index (κ2) is 7.92. The molecule has 2 amide bonds. The third kappa shape index (κ3) is 3.98. The first-order valence-electron chi connectivity index (χ1n) is 11.6. The summed E-state index contributed by atoms with van der Waals surface area (Å²) in [4.78, 5) is 13.1. The Hall–Kier alpha value is -1.31. The number of urea groups is 1. The van der Waals surface area contributed by atoms with Gasteiger partial charge in [0.05, 0.1) is 4.90 Å². The number of halogens is 1. The Morgan fingerprint density at radius 1 is 1.16 bits per heavy atom. The van der Waals surface area contributed by atoms with E-state index in [1.807, 2.05) is 0 Å². The molecule has 0 aromatic heterocycles. The van der Waals surface area contributed by atoms with Gasteiger partial charge in [-0.15, -0.1) is 0 Å². The molecule has 1 aliphatic heterocycles. The van der Waals surface area contributed by atoms with Crippen LogP contribution >= 0.6 is 11.6 Å². The van der Waals surface area contributed by atoms with Gasteiger partial charge in [-0.2, -0.15) is 4.31 Å². The fraction of sp³-hybridized carbons (Fsp3) is 0.696. The first kappa shape index (κ1) is 21.5. The van der Waals surface area contributed by atoms with E-state index in [4.69, 9.17) is 11.6 Å². The summed E-state index contributed by atoms with van der Waals surface area (Å²) in [6.45, 7) is 2.53. The lowest BCUT2D eigenvalue weighted by Crippen LogP contribution is -2.62. The predicted molar refractivity (Wildman–Crippen MR) is 121 cm³/mol. The van der Waals surface area contributed by atoms with Gasteiger partial charge in [0.2, 0.25) is 10.0 Å². The van der Waals surface area contributed by atoms with Crippen LogP contribution in [0.4, 0.5) is 4.79 Å². The summed E-state index contributed by atoms with van der Waals surface area (Å²) in [6, 6.07) is 4.60. The van der Waals surface area contributed by atoms with Crippen molar-refractivity contribution in [1.29, 1.82) is 0 Å². The summed E-state index contributed by atoms with van der Waals surface area (Å²) in [5.74, 6) is 2.30. The zero-order valence-electron chi connectivity index (χ0n) is 18.1. The maximum absolute atomic E-state index is 13.3. The summed E-state index contributed by atoms with van der Waals surface area (Å²) in [5.41, 5.74) is 0.528. The van der Waals surface area contributed by atoms with Gasteiger partial charge < -0.3 is 10.6 Å². The second-order valence-corrected chi connectivity index (χ2v) is 12.6. The van der Waals surface area contributed by atoms with Gasteiger partial charge in [-0.25, -0.2) is 13.2 Å². The zero-order chi connectivity index (χ0) is 21.8. The van der Waals surface area contributed by atoms with Crippen molar-refractivity contribution in [3.05, 3.63) is 28.8 Å². The van der Waals surface area contributed by atoms with Crippen LogP contribution in [0.3, 0.4) is 0 Å². The largest absolute Gasteiger partial charge is 0.337 e. The number of rotatable bonds is 5. The highest BCUT2D eigenvalue weighted by molar-refractivity contribution is 7.89. The number of carbonyl (C=O) groups is 1. The molecule has 8 heteroatoms. The molecule has 1 aromatic carbocycles. The van der Waals surface area contributed by atoms with Crippen molar-refractivity contribution >= 4 is 27.7 Å². The zero-order valence-corrected chi connectivity index (χ0v) is 19.6. The third-order valence-corrected chi connectivity index (χ3v) is 10.5. The van der Waals surface area contributed by atoms with Crippen LogP contribution in [0.15, 0.2) is 23.1 Å². The average molecular weight is 466 g/mol. The minimum Gasteiger partial charge on any atom is -0.337 e. The molecule has 5 fully saturated rings. The highest BCUT2D eigenvalue weighted by Crippen LogP contribution is 2.55. The molecular weight excluding hydrogens is 434 g/mol. The Balaban J connectivity index is 1.23. The lowest BCUT2D eigenvalue weighted by molar-refractivity contribution is -0.0135. The first-order chi connectivity index (χ1) is 14.8. The number of carbonyl (C=O) groups excluding carboxylic acids is 1. The van der Waals surface area contributed by atoms with Gasteiger partial charge in [0, 0.05) is 29.7 Å². The lowest BCUT2D eigenvalue weighted by Gasteiger charge is -2.56. The molecule has 1 unspecified atom stereocenters. The van der Waals surface area contributed by atoms with E-state index in [-0.39, 0.29) is 22.5 Å². The number of sulfonamides is 1. The van der Waals surface area contributed by atoms with Gasteiger partial charge in [0.25, 0.3) is 0 Å². The number of benzene rings is 1. The molecule has 4 bridgehead atoms. The topological polar surface area (TPSA) is 78.5 Å². The monoisotopic (exact) mass is 465 g/mol. The van der Waals surface area contributed by atoms with Crippen LogP contribution in [0.2, 0.25) is 5.02 Å². The van der Waals surface area contributed by atoms with Crippen LogP contribution < -0.4 is 10.6 Å². The predicted octanol–water partition coefficient (Wildman–Crippen LogP) is 4.07. The van der Waals surface area contributed by atoms with Gasteiger partial charge in [0.15, 0.2) is 0 Å². The lowest BCUT2D eigenvalue weighted by atomic mass is 9.53. The van der Waals surface area contributed by atoms with Crippen molar-refractivity contribution in [3.63, 3.8) is 0 Å². The highest BCUT2D eigenvalue weighted by Gasteiger charge is 2.51. The van der Waals surface area contributed by atoms with Gasteiger partial charge in [-0.3, -0.25) is 0 Å². The fourth-order valence-corrected chi connectivity index (χ4v) is 9.25. The molecule has 31 heavy (non-hydrogen) atoms. The first-order valence-corrected chi connectivity index (χ1v) is 13.4. The number of nitrogens with zero attached hydrogens (tertiary/aromatic N) is 1. The van der Waals surface area contributed by atoms with Crippen LogP contribution in [0.1, 0.15) is 56.9 Å². The summed E-state index contributed by atoms with van der Waals surface area (Å²) in [5, 5.41) is 6.76.